The molecule has 24 heavy (non-hydrogen) atoms. The summed E-state index contributed by atoms with van der Waals surface area (Å²) in [5.41, 5.74) is 8.91. The van der Waals surface area contributed by atoms with E-state index >= 15 is 0 Å². The minimum atomic E-state index is 0.112. The van der Waals surface area contributed by atoms with Crippen molar-refractivity contribution in [3.63, 3.8) is 0 Å². The van der Waals surface area contributed by atoms with Crippen molar-refractivity contribution < 1.29 is 0 Å². The number of fused-ring (bicyclic) bond motifs is 2. The first-order chi connectivity index (χ1) is 11.7. The molecular formula is C18H18N6. The van der Waals surface area contributed by atoms with E-state index in [9.17, 15) is 0 Å². The number of hydrogen-bond donors (Lipinski definition) is 2. The van der Waals surface area contributed by atoms with Crippen molar-refractivity contribution in [1.29, 1.82) is 0 Å². The van der Waals surface area contributed by atoms with Gasteiger partial charge in [0.25, 0.3) is 0 Å². The van der Waals surface area contributed by atoms with Crippen LogP contribution < -0.4 is 11.1 Å². The molecule has 3 heterocycles. The van der Waals surface area contributed by atoms with Crippen molar-refractivity contribution in [2.24, 2.45) is 0 Å². The number of pyridine rings is 1. The van der Waals surface area contributed by atoms with Crippen LogP contribution in [0.3, 0.4) is 0 Å². The van der Waals surface area contributed by atoms with Gasteiger partial charge in [-0.2, -0.15) is 0 Å². The number of nitrogens with two attached hydrogens (primary N) is 1. The summed E-state index contributed by atoms with van der Waals surface area (Å²) in [7, 11) is 1.87. The molecule has 0 aliphatic carbocycles. The Morgan fingerprint density at radius 3 is 2.79 bits per heavy atom. The fraction of sp³-hybridized carbons (Fsp3) is 0.167. The maximum Gasteiger partial charge on any atom is 0.146 e. The van der Waals surface area contributed by atoms with E-state index in [0.717, 1.165) is 33.3 Å². The highest BCUT2D eigenvalue weighted by molar-refractivity contribution is 5.86. The van der Waals surface area contributed by atoms with Crippen molar-refractivity contribution in [1.82, 2.24) is 19.5 Å². The zero-order valence-corrected chi connectivity index (χ0v) is 13.6. The zero-order chi connectivity index (χ0) is 16.7. The standard InChI is InChI=1S/C18H18N6/c1-11(24-8-7-14-17(19)21-10-22-18(14)24)13-4-3-12-5-6-16(20-2)23-15(12)9-13/h3-11H,1-2H3,(H,20,23)(H2,19,21,22). The van der Waals surface area contributed by atoms with Gasteiger partial charge in [-0.3, -0.25) is 0 Å². The Kier molecular flexibility index (Phi) is 3.30. The smallest absolute Gasteiger partial charge is 0.146 e. The monoisotopic (exact) mass is 318 g/mol. The van der Waals surface area contributed by atoms with Crippen LogP contribution in [0.25, 0.3) is 21.9 Å². The molecule has 0 spiro atoms. The molecule has 0 radical (unpaired) electrons. The van der Waals surface area contributed by atoms with E-state index < -0.39 is 0 Å². The Balaban J connectivity index is 1.82. The van der Waals surface area contributed by atoms with Gasteiger partial charge in [0, 0.05) is 18.6 Å². The van der Waals surface area contributed by atoms with Crippen molar-refractivity contribution in [3.05, 3.63) is 54.5 Å². The van der Waals surface area contributed by atoms with Gasteiger partial charge in [0.05, 0.1) is 16.9 Å². The highest BCUT2D eigenvalue weighted by Gasteiger charge is 2.14. The van der Waals surface area contributed by atoms with Gasteiger partial charge in [-0.1, -0.05) is 12.1 Å². The third kappa shape index (κ3) is 2.23. The minimum absolute atomic E-state index is 0.112. The summed E-state index contributed by atoms with van der Waals surface area (Å²) >= 11 is 0. The number of benzene rings is 1. The summed E-state index contributed by atoms with van der Waals surface area (Å²) in [6.45, 7) is 2.14. The molecule has 4 aromatic rings. The lowest BCUT2D eigenvalue weighted by molar-refractivity contribution is 0.658. The lowest BCUT2D eigenvalue weighted by Gasteiger charge is -2.16. The van der Waals surface area contributed by atoms with Gasteiger partial charge >= 0.3 is 0 Å². The van der Waals surface area contributed by atoms with Crippen LogP contribution in [-0.2, 0) is 0 Å². The van der Waals surface area contributed by atoms with Gasteiger partial charge < -0.3 is 15.6 Å². The molecule has 1 unspecified atom stereocenters. The summed E-state index contributed by atoms with van der Waals surface area (Å²) in [5, 5.41) is 5.07. The average Bonchev–Trinajstić information content (AvgIpc) is 3.05. The summed E-state index contributed by atoms with van der Waals surface area (Å²) in [5.74, 6) is 1.36. The number of anilines is 2. The van der Waals surface area contributed by atoms with Crippen LogP contribution in [0.2, 0.25) is 0 Å². The normalized spacial score (nSPS) is 12.6. The zero-order valence-electron chi connectivity index (χ0n) is 13.6. The Morgan fingerprint density at radius 1 is 1.12 bits per heavy atom. The molecule has 120 valence electrons. The highest BCUT2D eigenvalue weighted by Crippen LogP contribution is 2.27. The molecule has 0 saturated heterocycles. The van der Waals surface area contributed by atoms with E-state index in [1.54, 1.807) is 0 Å². The Labute approximate surface area is 139 Å². The van der Waals surface area contributed by atoms with Crippen molar-refractivity contribution in [2.45, 2.75) is 13.0 Å². The molecule has 3 N–H and O–H groups in total. The minimum Gasteiger partial charge on any atom is -0.383 e. The third-order valence-electron chi connectivity index (χ3n) is 4.41. The molecule has 0 bridgehead atoms. The van der Waals surface area contributed by atoms with Gasteiger partial charge in [-0.25, -0.2) is 15.0 Å². The van der Waals surface area contributed by atoms with Crippen molar-refractivity contribution in [3.8, 4) is 0 Å². The lowest BCUT2D eigenvalue weighted by Crippen LogP contribution is -2.07. The maximum atomic E-state index is 5.93. The molecule has 0 aliphatic heterocycles. The topological polar surface area (TPSA) is 81.7 Å². The molecule has 6 nitrogen and oxygen atoms in total. The Hall–Kier alpha value is -3.15. The maximum absolute atomic E-state index is 5.93. The van der Waals surface area contributed by atoms with Crippen LogP contribution in [-0.4, -0.2) is 26.6 Å². The number of nitrogens with one attached hydrogen (secondary N) is 1. The molecule has 0 fully saturated rings. The summed E-state index contributed by atoms with van der Waals surface area (Å²) in [4.78, 5) is 13.1. The quantitative estimate of drug-likeness (QED) is 0.606. The lowest BCUT2D eigenvalue weighted by atomic mass is 10.1. The number of aromatic nitrogens is 4. The van der Waals surface area contributed by atoms with Gasteiger partial charge in [-0.05, 0) is 36.8 Å². The summed E-state index contributed by atoms with van der Waals surface area (Å²) in [6.07, 6.45) is 3.50. The third-order valence-corrected chi connectivity index (χ3v) is 4.41. The van der Waals surface area contributed by atoms with Crippen LogP contribution in [0.1, 0.15) is 18.5 Å². The summed E-state index contributed by atoms with van der Waals surface area (Å²) < 4.78 is 2.11. The van der Waals surface area contributed by atoms with Crippen LogP contribution in [0, 0.1) is 0 Å². The Morgan fingerprint density at radius 2 is 1.96 bits per heavy atom. The average molecular weight is 318 g/mol. The number of hydrogen-bond acceptors (Lipinski definition) is 5. The second-order valence-electron chi connectivity index (χ2n) is 5.79. The first-order valence-electron chi connectivity index (χ1n) is 7.83. The SMILES string of the molecule is CNc1ccc2ccc(C(C)n3ccc4c(N)ncnc43)cc2n1. The van der Waals surface area contributed by atoms with Crippen molar-refractivity contribution in [2.75, 3.05) is 18.1 Å². The molecular weight excluding hydrogens is 300 g/mol. The van der Waals surface area contributed by atoms with Crippen LogP contribution in [0.15, 0.2) is 48.9 Å². The van der Waals surface area contributed by atoms with Gasteiger partial charge in [0.15, 0.2) is 0 Å². The van der Waals surface area contributed by atoms with Crippen LogP contribution >= 0.6 is 0 Å². The first kappa shape index (κ1) is 14.4. The predicted octanol–water partition coefficient (Wildman–Crippen LogP) is 3.21. The molecule has 6 heteroatoms. The van der Waals surface area contributed by atoms with Gasteiger partial charge in [-0.15, -0.1) is 0 Å². The molecule has 4 rings (SSSR count). The number of rotatable bonds is 3. The molecule has 0 amide bonds. The number of nitrogen functional groups attached to an aromatic ring is 1. The fourth-order valence-electron chi connectivity index (χ4n) is 3.00. The first-order valence-corrected chi connectivity index (χ1v) is 7.83. The fourth-order valence-corrected chi connectivity index (χ4v) is 3.00. The van der Waals surface area contributed by atoms with Gasteiger partial charge in [0.2, 0.25) is 0 Å². The van der Waals surface area contributed by atoms with E-state index in [4.69, 9.17) is 5.73 Å². The Bertz CT molecular complexity index is 1040. The van der Waals surface area contributed by atoms with E-state index in [2.05, 4.69) is 56.0 Å². The van der Waals surface area contributed by atoms with Crippen LogP contribution in [0.4, 0.5) is 11.6 Å². The predicted molar refractivity (Wildman–Crippen MR) is 97.0 cm³/mol. The molecule has 1 aromatic carbocycles. The van der Waals surface area contributed by atoms with E-state index in [1.165, 1.54) is 6.33 Å². The molecule has 0 saturated carbocycles. The van der Waals surface area contributed by atoms with Crippen molar-refractivity contribution >= 4 is 33.6 Å². The van der Waals surface area contributed by atoms with Gasteiger partial charge in [0.1, 0.15) is 23.6 Å². The summed E-state index contributed by atoms with van der Waals surface area (Å²) in [6, 6.07) is 12.5. The second-order valence-corrected chi connectivity index (χ2v) is 5.79. The molecule has 3 aromatic heterocycles. The highest BCUT2D eigenvalue weighted by atomic mass is 15.1. The largest absolute Gasteiger partial charge is 0.383 e. The van der Waals surface area contributed by atoms with E-state index in [-0.39, 0.29) is 6.04 Å². The number of nitrogens with zero attached hydrogens (tertiary/aromatic N) is 4. The molecule has 1 atom stereocenters. The second kappa shape index (κ2) is 5.49. The van der Waals surface area contributed by atoms with E-state index in [1.807, 2.05) is 25.4 Å². The molecule has 0 aliphatic rings. The van der Waals surface area contributed by atoms with Crippen LogP contribution in [0.5, 0.6) is 0 Å². The van der Waals surface area contributed by atoms with E-state index in [0.29, 0.717) is 5.82 Å².